The number of phenols is 2. The second-order valence-electron chi connectivity index (χ2n) is 10.3. The highest BCUT2D eigenvalue weighted by atomic mass is 16.6. The lowest BCUT2D eigenvalue weighted by Gasteiger charge is -2.37. The summed E-state index contributed by atoms with van der Waals surface area (Å²) in [5.41, 5.74) is 5.44. The van der Waals surface area contributed by atoms with Crippen LogP contribution in [0.25, 0.3) is 0 Å². The zero-order chi connectivity index (χ0) is 32.5. The Bertz CT molecular complexity index is 2020. The summed E-state index contributed by atoms with van der Waals surface area (Å²) >= 11 is 0. The van der Waals surface area contributed by atoms with Gasteiger partial charge in [0.15, 0.2) is 5.60 Å². The van der Waals surface area contributed by atoms with Crippen LogP contribution in [-0.4, -0.2) is 50.4 Å². The number of aromatic nitrogens is 2. The topological polar surface area (TPSA) is 185 Å². The summed E-state index contributed by atoms with van der Waals surface area (Å²) in [6, 6.07) is 18.8. The molecule has 4 N–H and O–H groups in total. The lowest BCUT2D eigenvalue weighted by molar-refractivity contribution is 0.0223. The molecule has 1 spiro atoms. The van der Waals surface area contributed by atoms with Gasteiger partial charge in [-0.1, -0.05) is 18.2 Å². The van der Waals surface area contributed by atoms with Gasteiger partial charge >= 0.3 is 5.97 Å². The summed E-state index contributed by atoms with van der Waals surface area (Å²) < 4.78 is 12.6. The quantitative estimate of drug-likeness (QED) is 0.123. The summed E-state index contributed by atoms with van der Waals surface area (Å²) in [4.78, 5) is 46.3. The number of carbonyl (C=O) groups excluding carboxylic acids is 3. The minimum absolute atomic E-state index is 0.0324. The molecule has 47 heavy (non-hydrogen) atoms. The summed E-state index contributed by atoms with van der Waals surface area (Å²) in [5.74, 6) is -2.10. The molecule has 13 nitrogen and oxygen atoms in total. The molecule has 0 aliphatic carbocycles. The normalized spacial score (nSPS) is 13.8. The highest BCUT2D eigenvalue weighted by Gasteiger charge is 2.54. The first-order chi connectivity index (χ1) is 22.9. The third-order valence-electron chi connectivity index (χ3n) is 7.69. The van der Waals surface area contributed by atoms with Gasteiger partial charge in [-0.15, -0.1) is 0 Å². The van der Waals surface area contributed by atoms with E-state index in [9.17, 15) is 24.6 Å². The van der Waals surface area contributed by atoms with Gasteiger partial charge in [-0.05, 0) is 54.6 Å². The van der Waals surface area contributed by atoms with Crippen LogP contribution in [0.5, 0.6) is 23.0 Å². The van der Waals surface area contributed by atoms with Gasteiger partial charge in [-0.25, -0.2) is 15.6 Å². The number of benzene rings is 3. The van der Waals surface area contributed by atoms with Crippen LogP contribution >= 0.6 is 0 Å². The lowest BCUT2D eigenvalue weighted by Crippen LogP contribution is -2.34. The van der Waals surface area contributed by atoms with E-state index in [0.717, 1.165) is 0 Å². The van der Waals surface area contributed by atoms with Gasteiger partial charge in [0.1, 0.15) is 23.0 Å². The molecule has 0 fully saturated rings. The number of nitrogens with one attached hydrogen (secondary N) is 2. The number of hydrazone groups is 2. The Morgan fingerprint density at radius 2 is 1.17 bits per heavy atom. The van der Waals surface area contributed by atoms with Crippen LogP contribution in [0.4, 0.5) is 0 Å². The number of hydrogen-bond donors (Lipinski definition) is 4. The van der Waals surface area contributed by atoms with Gasteiger partial charge in [-0.2, -0.15) is 10.2 Å². The maximum absolute atomic E-state index is 13.3. The van der Waals surface area contributed by atoms with Crippen LogP contribution in [0.3, 0.4) is 0 Å². The van der Waals surface area contributed by atoms with Crippen molar-refractivity contribution in [2.75, 3.05) is 0 Å². The molecule has 0 bridgehead atoms. The number of phenolic OH excluding ortho intramolecular Hbond substituents is 2. The molecule has 2 amide bonds. The third kappa shape index (κ3) is 4.88. The van der Waals surface area contributed by atoms with Crippen molar-refractivity contribution in [3.63, 3.8) is 0 Å². The lowest BCUT2D eigenvalue weighted by atomic mass is 9.76. The predicted octanol–water partition coefficient (Wildman–Crippen LogP) is 3.98. The van der Waals surface area contributed by atoms with Gasteiger partial charge in [0.05, 0.1) is 29.1 Å². The highest BCUT2D eigenvalue weighted by Crippen LogP contribution is 2.58. The fourth-order valence-corrected chi connectivity index (χ4v) is 5.51. The van der Waals surface area contributed by atoms with Crippen LogP contribution < -0.4 is 15.6 Å². The maximum atomic E-state index is 13.3. The van der Waals surface area contributed by atoms with E-state index in [1.54, 1.807) is 36.4 Å². The number of pyridine rings is 2. The molecule has 0 atom stereocenters. The molecule has 0 saturated carbocycles. The van der Waals surface area contributed by atoms with Crippen molar-refractivity contribution in [3.8, 4) is 23.0 Å². The Hall–Kier alpha value is -6.89. The van der Waals surface area contributed by atoms with E-state index >= 15 is 0 Å². The molecule has 13 heteroatoms. The zero-order valence-corrected chi connectivity index (χ0v) is 24.1. The molecule has 5 aromatic rings. The minimum Gasteiger partial charge on any atom is -0.507 e. The molecule has 3 aromatic carbocycles. The van der Waals surface area contributed by atoms with Crippen molar-refractivity contribution >= 4 is 30.2 Å². The van der Waals surface area contributed by atoms with Crippen molar-refractivity contribution in [1.82, 2.24) is 20.8 Å². The van der Waals surface area contributed by atoms with E-state index in [0.29, 0.717) is 33.4 Å². The van der Waals surface area contributed by atoms with Crippen LogP contribution in [0.1, 0.15) is 58.9 Å². The average molecular weight is 627 g/mol. The van der Waals surface area contributed by atoms with E-state index in [4.69, 9.17) is 9.47 Å². The number of aromatic hydroxyl groups is 2. The first-order valence-corrected chi connectivity index (χ1v) is 14.1. The SMILES string of the molecule is O=C(N/N=C/c1c(O)ccc2c1Oc1c(ccc(O)c1/C=N/NC(=O)c1ccncc1)C21OC(=O)c2ccccc21)c1ccncc1. The Balaban J connectivity index is 1.35. The molecule has 4 heterocycles. The molecule has 0 saturated heterocycles. The fraction of sp³-hybridized carbons (Fsp3) is 0.0294. The number of fused-ring (bicyclic) bond motifs is 6. The molecule has 7 rings (SSSR count). The number of nitrogens with zero attached hydrogens (tertiary/aromatic N) is 4. The average Bonchev–Trinajstić information content (AvgIpc) is 3.39. The number of carbonyl (C=O) groups is 3. The van der Waals surface area contributed by atoms with Crippen LogP contribution in [0.2, 0.25) is 0 Å². The van der Waals surface area contributed by atoms with E-state index in [-0.39, 0.29) is 34.1 Å². The monoisotopic (exact) mass is 626 g/mol. The third-order valence-corrected chi connectivity index (χ3v) is 7.69. The minimum atomic E-state index is -1.58. The van der Waals surface area contributed by atoms with Crippen molar-refractivity contribution in [2.24, 2.45) is 10.2 Å². The van der Waals surface area contributed by atoms with Gasteiger partial charge < -0.3 is 19.7 Å². The van der Waals surface area contributed by atoms with E-state index < -0.39 is 23.4 Å². The molecule has 2 aliphatic rings. The Labute approximate surface area is 265 Å². The maximum Gasteiger partial charge on any atom is 0.340 e. The number of esters is 1. The first-order valence-electron chi connectivity index (χ1n) is 14.1. The smallest absolute Gasteiger partial charge is 0.340 e. The summed E-state index contributed by atoms with van der Waals surface area (Å²) in [7, 11) is 0. The Morgan fingerprint density at radius 3 is 1.68 bits per heavy atom. The second-order valence-corrected chi connectivity index (χ2v) is 10.3. The predicted molar refractivity (Wildman–Crippen MR) is 167 cm³/mol. The van der Waals surface area contributed by atoms with Crippen molar-refractivity contribution in [2.45, 2.75) is 5.60 Å². The largest absolute Gasteiger partial charge is 0.507 e. The number of ether oxygens (including phenoxy) is 2. The number of amides is 2. The highest BCUT2D eigenvalue weighted by molar-refractivity contribution is 6.00. The second kappa shape index (κ2) is 11.6. The van der Waals surface area contributed by atoms with Gasteiger partial charge in [0.25, 0.3) is 11.8 Å². The molecule has 230 valence electrons. The first kappa shape index (κ1) is 28.9. The van der Waals surface area contributed by atoms with Crippen LogP contribution in [-0.2, 0) is 10.3 Å². The van der Waals surface area contributed by atoms with Gasteiger partial charge in [0, 0.05) is 52.6 Å². The standard InChI is InChI=1S/C34H22N6O7/c41-27-7-5-25-29(22(27)17-37-39-31(43)19-9-13-35-14-10-19)46-30-23(18-38-40-32(44)20-11-15-36-16-12-20)28(42)8-6-26(30)34(25)24-4-2-1-3-21(24)33(45)47-34/h1-18,41-42H,(H,39,43)(H,40,44)/b37-17+,38-18+. The summed E-state index contributed by atoms with van der Waals surface area (Å²) in [6.45, 7) is 0. The fourth-order valence-electron chi connectivity index (χ4n) is 5.51. The molecule has 0 radical (unpaired) electrons. The van der Waals surface area contributed by atoms with Crippen LogP contribution in [0, 0.1) is 0 Å². The van der Waals surface area contributed by atoms with Crippen molar-refractivity contribution < 1.29 is 34.1 Å². The molecular weight excluding hydrogens is 604 g/mol. The summed E-state index contributed by atoms with van der Waals surface area (Å²) in [6.07, 6.45) is 8.24. The molecule has 2 aromatic heterocycles. The van der Waals surface area contributed by atoms with Crippen molar-refractivity contribution in [3.05, 3.63) is 142 Å². The molecule has 2 aliphatic heterocycles. The zero-order valence-electron chi connectivity index (χ0n) is 24.1. The van der Waals surface area contributed by atoms with Gasteiger partial charge in [0.2, 0.25) is 0 Å². The molecule has 0 unspecified atom stereocenters. The van der Waals surface area contributed by atoms with Crippen LogP contribution in [0.15, 0.2) is 108 Å². The Morgan fingerprint density at radius 1 is 0.681 bits per heavy atom. The number of rotatable bonds is 6. The Kier molecular flexibility index (Phi) is 7.09. The number of hydrogen-bond acceptors (Lipinski definition) is 11. The van der Waals surface area contributed by atoms with E-state index in [1.807, 2.05) is 0 Å². The molecular formula is C34H22N6O7. The summed E-state index contributed by atoms with van der Waals surface area (Å²) in [5, 5.41) is 30.0. The van der Waals surface area contributed by atoms with Crippen molar-refractivity contribution in [1.29, 1.82) is 0 Å². The van der Waals surface area contributed by atoms with E-state index in [1.165, 1.54) is 73.6 Å². The van der Waals surface area contributed by atoms with Gasteiger partial charge in [-0.3, -0.25) is 19.6 Å². The van der Waals surface area contributed by atoms with E-state index in [2.05, 4.69) is 31.0 Å².